The molecule has 106 valence electrons. The molecular weight excluding hydrogens is 282 g/mol. The summed E-state index contributed by atoms with van der Waals surface area (Å²) in [5, 5.41) is 19.3. The number of hydrogen-bond donors (Lipinski definition) is 2. The molecule has 0 bridgehead atoms. The zero-order valence-corrected chi connectivity index (χ0v) is 15.4. The molecule has 5 heteroatoms. The Hall–Kier alpha value is -0.445. The van der Waals surface area contributed by atoms with Crippen molar-refractivity contribution >= 4 is 40.7 Å². The van der Waals surface area contributed by atoms with Crippen LogP contribution in [-0.4, -0.2) is 50.9 Å². The van der Waals surface area contributed by atoms with Gasteiger partial charge < -0.3 is 10.2 Å². The van der Waals surface area contributed by atoms with Gasteiger partial charge in [-0.15, -0.1) is 0 Å². The van der Waals surface area contributed by atoms with Crippen LogP contribution in [0.25, 0.3) is 0 Å². The van der Waals surface area contributed by atoms with Gasteiger partial charge >= 0.3 is 5.97 Å². The van der Waals surface area contributed by atoms with E-state index in [0.717, 1.165) is 11.1 Å². The molecule has 0 spiro atoms. The predicted octanol–water partition coefficient (Wildman–Crippen LogP) is 2.92. The van der Waals surface area contributed by atoms with E-state index in [4.69, 9.17) is 5.11 Å². The SMILES string of the molecule is CC(C)(C)c1ccc(C(=O)O)c(O)c1C(C)(C)C.[Al].[Al]. The highest BCUT2D eigenvalue weighted by atomic mass is 27.0. The number of carbonyl (C=O) groups is 1. The lowest BCUT2D eigenvalue weighted by Crippen LogP contribution is -2.23. The summed E-state index contributed by atoms with van der Waals surface area (Å²) in [5.74, 6) is -1.21. The van der Waals surface area contributed by atoms with Crippen molar-refractivity contribution in [2.75, 3.05) is 0 Å². The van der Waals surface area contributed by atoms with Crippen LogP contribution in [-0.2, 0) is 10.8 Å². The Morgan fingerprint density at radius 2 is 1.40 bits per heavy atom. The minimum atomic E-state index is -1.10. The van der Waals surface area contributed by atoms with E-state index in [1.165, 1.54) is 6.07 Å². The van der Waals surface area contributed by atoms with Gasteiger partial charge in [0.1, 0.15) is 11.3 Å². The molecule has 3 nitrogen and oxygen atoms in total. The van der Waals surface area contributed by atoms with Crippen LogP contribution >= 0.6 is 0 Å². The van der Waals surface area contributed by atoms with Gasteiger partial charge in [0.05, 0.1) is 0 Å². The average molecular weight is 304 g/mol. The van der Waals surface area contributed by atoms with Crippen molar-refractivity contribution in [3.8, 4) is 5.75 Å². The summed E-state index contributed by atoms with van der Waals surface area (Å²) in [6.07, 6.45) is 0. The monoisotopic (exact) mass is 304 g/mol. The van der Waals surface area contributed by atoms with Gasteiger partial charge in [0.15, 0.2) is 0 Å². The molecule has 2 N–H and O–H groups in total. The van der Waals surface area contributed by atoms with Crippen molar-refractivity contribution < 1.29 is 15.0 Å². The summed E-state index contributed by atoms with van der Waals surface area (Å²) in [4.78, 5) is 11.1. The number of carboxylic acid groups (broad SMARTS) is 1. The third-order valence-electron chi connectivity index (χ3n) is 2.97. The Morgan fingerprint density at radius 1 is 0.950 bits per heavy atom. The molecular formula is C15H22Al2O3. The quantitative estimate of drug-likeness (QED) is 0.784. The van der Waals surface area contributed by atoms with E-state index in [9.17, 15) is 9.90 Å². The largest absolute Gasteiger partial charge is 0.507 e. The minimum Gasteiger partial charge on any atom is -0.507 e. The van der Waals surface area contributed by atoms with Gasteiger partial charge in [0.25, 0.3) is 0 Å². The molecule has 0 aliphatic rings. The smallest absolute Gasteiger partial charge is 0.339 e. The van der Waals surface area contributed by atoms with Crippen LogP contribution in [0.2, 0.25) is 0 Å². The Morgan fingerprint density at radius 3 is 1.70 bits per heavy atom. The second kappa shape index (κ2) is 7.01. The van der Waals surface area contributed by atoms with Crippen molar-refractivity contribution in [3.05, 3.63) is 28.8 Å². The highest BCUT2D eigenvalue weighted by Crippen LogP contribution is 2.41. The fourth-order valence-electron chi connectivity index (χ4n) is 2.15. The van der Waals surface area contributed by atoms with Crippen LogP contribution in [0.5, 0.6) is 5.75 Å². The van der Waals surface area contributed by atoms with Crippen molar-refractivity contribution in [1.82, 2.24) is 0 Å². The average Bonchev–Trinajstić information content (AvgIpc) is 2.12. The fourth-order valence-corrected chi connectivity index (χ4v) is 2.15. The van der Waals surface area contributed by atoms with E-state index >= 15 is 0 Å². The summed E-state index contributed by atoms with van der Waals surface area (Å²) in [6, 6.07) is 3.29. The summed E-state index contributed by atoms with van der Waals surface area (Å²) >= 11 is 0. The predicted molar refractivity (Wildman–Crippen MR) is 84.0 cm³/mol. The minimum absolute atomic E-state index is 0. The summed E-state index contributed by atoms with van der Waals surface area (Å²) in [6.45, 7) is 12.1. The van der Waals surface area contributed by atoms with Crippen LogP contribution in [0.1, 0.15) is 63.0 Å². The highest BCUT2D eigenvalue weighted by molar-refractivity contribution is 5.91. The number of carboxylic acids is 1. The molecule has 0 aliphatic heterocycles. The molecule has 1 rings (SSSR count). The first-order valence-corrected chi connectivity index (χ1v) is 6.06. The van der Waals surface area contributed by atoms with Crippen molar-refractivity contribution in [1.29, 1.82) is 0 Å². The van der Waals surface area contributed by atoms with Gasteiger partial charge in [-0.3, -0.25) is 0 Å². The lowest BCUT2D eigenvalue weighted by molar-refractivity contribution is 0.0693. The molecule has 0 saturated heterocycles. The van der Waals surface area contributed by atoms with Gasteiger partial charge in [-0.05, 0) is 22.5 Å². The standard InChI is InChI=1S/C15H22O3.2Al/c1-14(2,3)10-8-7-9(13(17)18)12(16)11(10)15(4,5)6;;/h7-8,16H,1-6H3,(H,17,18);;. The third kappa shape index (κ3) is 4.54. The summed E-state index contributed by atoms with van der Waals surface area (Å²) in [7, 11) is 0. The van der Waals surface area contributed by atoms with E-state index in [1.54, 1.807) is 0 Å². The third-order valence-corrected chi connectivity index (χ3v) is 2.97. The Kier molecular flexibility index (Phi) is 7.66. The van der Waals surface area contributed by atoms with Crippen molar-refractivity contribution in [2.45, 2.75) is 52.4 Å². The summed E-state index contributed by atoms with van der Waals surface area (Å²) < 4.78 is 0. The molecule has 0 amide bonds. The second-order valence-electron chi connectivity index (χ2n) is 6.69. The van der Waals surface area contributed by atoms with E-state index in [2.05, 4.69) is 20.8 Å². The number of phenols is 1. The molecule has 6 radical (unpaired) electrons. The maximum Gasteiger partial charge on any atom is 0.339 e. The molecule has 0 heterocycles. The normalized spacial score (nSPS) is 11.3. The molecule has 0 fully saturated rings. The molecule has 1 aromatic carbocycles. The Bertz CT molecular complexity index is 483. The van der Waals surface area contributed by atoms with Crippen LogP contribution in [0.4, 0.5) is 0 Å². The van der Waals surface area contributed by atoms with Crippen molar-refractivity contribution in [2.24, 2.45) is 0 Å². The first kappa shape index (κ1) is 21.8. The van der Waals surface area contributed by atoms with E-state index < -0.39 is 5.97 Å². The lowest BCUT2D eigenvalue weighted by Gasteiger charge is -2.31. The van der Waals surface area contributed by atoms with E-state index in [1.807, 2.05) is 26.8 Å². The molecule has 20 heavy (non-hydrogen) atoms. The van der Waals surface area contributed by atoms with Crippen LogP contribution in [0, 0.1) is 0 Å². The molecule has 0 saturated carbocycles. The maximum absolute atomic E-state index is 11.1. The first-order valence-electron chi connectivity index (χ1n) is 6.06. The van der Waals surface area contributed by atoms with E-state index in [-0.39, 0.29) is 56.9 Å². The van der Waals surface area contributed by atoms with Gasteiger partial charge in [-0.25, -0.2) is 4.79 Å². The number of aromatic hydroxyl groups is 1. The zero-order valence-electron chi connectivity index (χ0n) is 13.1. The molecule has 1 aromatic rings. The molecule has 0 unspecified atom stereocenters. The maximum atomic E-state index is 11.1. The van der Waals surface area contributed by atoms with Gasteiger partial charge in [-0.2, -0.15) is 0 Å². The van der Waals surface area contributed by atoms with Crippen LogP contribution in [0.15, 0.2) is 12.1 Å². The number of benzene rings is 1. The zero-order chi connectivity index (χ0) is 14.3. The van der Waals surface area contributed by atoms with Crippen LogP contribution < -0.4 is 0 Å². The fraction of sp³-hybridized carbons (Fsp3) is 0.533. The Balaban J connectivity index is 0. The molecule has 0 atom stereocenters. The first-order chi connectivity index (χ1) is 7.96. The summed E-state index contributed by atoms with van der Waals surface area (Å²) in [5.41, 5.74) is 1.22. The number of rotatable bonds is 1. The van der Waals surface area contributed by atoms with Gasteiger partial charge in [0, 0.05) is 40.3 Å². The second-order valence-corrected chi connectivity index (χ2v) is 6.69. The lowest BCUT2D eigenvalue weighted by atomic mass is 9.74. The highest BCUT2D eigenvalue weighted by Gasteiger charge is 2.30. The topological polar surface area (TPSA) is 57.5 Å². The molecule has 0 aliphatic carbocycles. The van der Waals surface area contributed by atoms with E-state index in [0.29, 0.717) is 0 Å². The van der Waals surface area contributed by atoms with Gasteiger partial charge in [0.2, 0.25) is 0 Å². The van der Waals surface area contributed by atoms with Crippen LogP contribution in [0.3, 0.4) is 0 Å². The molecule has 0 aromatic heterocycles. The Labute approximate surface area is 142 Å². The number of aromatic carboxylic acids is 1. The van der Waals surface area contributed by atoms with Gasteiger partial charge in [-0.1, -0.05) is 47.6 Å². The number of hydrogen-bond acceptors (Lipinski definition) is 2. The van der Waals surface area contributed by atoms with Crippen molar-refractivity contribution in [3.63, 3.8) is 0 Å².